The Kier molecular flexibility index (Phi) is 4.57. The molecule has 0 spiro atoms. The van der Waals surface area contributed by atoms with Crippen LogP contribution in [0.5, 0.6) is 0 Å². The largest absolute Gasteiger partial charge is 0.0654 e. The highest BCUT2D eigenvalue weighted by molar-refractivity contribution is 5.06. The van der Waals surface area contributed by atoms with E-state index in [0.29, 0.717) is 5.41 Å². The molecular formula is C23H40. The zero-order valence-corrected chi connectivity index (χ0v) is 16.0. The normalized spacial score (nSPS) is 50.7. The maximum absolute atomic E-state index is 2.73. The minimum atomic E-state index is 0.706. The molecule has 132 valence electrons. The van der Waals surface area contributed by atoms with Crippen molar-refractivity contribution >= 4 is 0 Å². The molecule has 0 bridgehead atoms. The van der Waals surface area contributed by atoms with E-state index in [0.717, 1.165) is 41.4 Å². The molecule has 4 saturated carbocycles. The summed E-state index contributed by atoms with van der Waals surface area (Å²) in [5.41, 5.74) is 0.706. The fraction of sp³-hybridized carbons (Fsp3) is 1.00. The van der Waals surface area contributed by atoms with Crippen LogP contribution in [0.25, 0.3) is 0 Å². The van der Waals surface area contributed by atoms with Crippen LogP contribution < -0.4 is 0 Å². The molecule has 0 radical (unpaired) electrons. The summed E-state index contributed by atoms with van der Waals surface area (Å²) in [5, 5.41) is 0. The van der Waals surface area contributed by atoms with Gasteiger partial charge in [-0.2, -0.15) is 0 Å². The Labute approximate surface area is 145 Å². The topological polar surface area (TPSA) is 0 Å². The van der Waals surface area contributed by atoms with E-state index in [1.54, 1.807) is 57.8 Å². The summed E-state index contributed by atoms with van der Waals surface area (Å²) in [4.78, 5) is 0. The second-order valence-electron chi connectivity index (χ2n) is 10.2. The Balaban J connectivity index is 1.53. The molecule has 4 rings (SSSR count). The van der Waals surface area contributed by atoms with Gasteiger partial charge < -0.3 is 0 Å². The first-order chi connectivity index (χ1) is 11.1. The first-order valence-corrected chi connectivity index (χ1v) is 11.1. The van der Waals surface area contributed by atoms with Crippen molar-refractivity contribution in [2.45, 2.75) is 97.8 Å². The second-order valence-corrected chi connectivity index (χ2v) is 10.2. The van der Waals surface area contributed by atoms with Crippen molar-refractivity contribution in [2.75, 3.05) is 0 Å². The van der Waals surface area contributed by atoms with Crippen LogP contribution in [0, 0.1) is 46.8 Å². The zero-order valence-electron chi connectivity index (χ0n) is 16.0. The third-order valence-electron chi connectivity index (χ3n) is 9.39. The molecule has 4 fully saturated rings. The van der Waals surface area contributed by atoms with E-state index in [1.165, 1.54) is 19.3 Å². The fourth-order valence-corrected chi connectivity index (χ4v) is 8.46. The van der Waals surface area contributed by atoms with Gasteiger partial charge in [-0.15, -0.1) is 0 Å². The van der Waals surface area contributed by atoms with Gasteiger partial charge in [0.25, 0.3) is 0 Å². The van der Waals surface area contributed by atoms with Gasteiger partial charge in [-0.25, -0.2) is 0 Å². The first-order valence-electron chi connectivity index (χ1n) is 11.1. The Morgan fingerprint density at radius 1 is 0.870 bits per heavy atom. The fourth-order valence-electron chi connectivity index (χ4n) is 8.46. The van der Waals surface area contributed by atoms with Gasteiger partial charge in [0.05, 0.1) is 0 Å². The monoisotopic (exact) mass is 316 g/mol. The molecule has 0 aliphatic heterocycles. The average Bonchev–Trinajstić information content (AvgIpc) is 2.92. The third-order valence-corrected chi connectivity index (χ3v) is 9.39. The Morgan fingerprint density at radius 2 is 1.70 bits per heavy atom. The maximum Gasteiger partial charge on any atom is -0.0264 e. The summed E-state index contributed by atoms with van der Waals surface area (Å²) in [6.07, 6.45) is 18.6. The number of fused-ring (bicyclic) bond motifs is 5. The highest BCUT2D eigenvalue weighted by atomic mass is 14.6. The van der Waals surface area contributed by atoms with Gasteiger partial charge in [0, 0.05) is 0 Å². The summed E-state index contributed by atoms with van der Waals surface area (Å²) in [5.74, 6) is 7.62. The molecule has 8 atom stereocenters. The summed E-state index contributed by atoms with van der Waals surface area (Å²) in [7, 11) is 0. The average molecular weight is 317 g/mol. The SMILES string of the molecule is CCCC(C)C1CCC2C3CCC4CCCCC4C3CCC12C. The van der Waals surface area contributed by atoms with Gasteiger partial charge in [-0.3, -0.25) is 0 Å². The molecule has 4 aliphatic carbocycles. The van der Waals surface area contributed by atoms with Crippen LogP contribution >= 0.6 is 0 Å². The Bertz CT molecular complexity index is 412. The molecule has 0 amide bonds. The van der Waals surface area contributed by atoms with E-state index in [9.17, 15) is 0 Å². The lowest BCUT2D eigenvalue weighted by molar-refractivity contribution is -0.0687. The highest BCUT2D eigenvalue weighted by Gasteiger charge is 2.57. The zero-order chi connectivity index (χ0) is 16.0. The van der Waals surface area contributed by atoms with Crippen molar-refractivity contribution in [1.82, 2.24) is 0 Å². The molecule has 8 unspecified atom stereocenters. The van der Waals surface area contributed by atoms with E-state index in [1.807, 2.05) is 0 Å². The van der Waals surface area contributed by atoms with Crippen molar-refractivity contribution < 1.29 is 0 Å². The lowest BCUT2D eigenvalue weighted by atomic mass is 9.49. The second kappa shape index (κ2) is 6.38. The molecule has 0 heterocycles. The third kappa shape index (κ3) is 2.62. The van der Waals surface area contributed by atoms with E-state index in [-0.39, 0.29) is 0 Å². The van der Waals surface area contributed by atoms with Crippen molar-refractivity contribution in [2.24, 2.45) is 46.8 Å². The van der Waals surface area contributed by atoms with E-state index in [2.05, 4.69) is 20.8 Å². The van der Waals surface area contributed by atoms with Gasteiger partial charge in [-0.1, -0.05) is 52.9 Å². The molecule has 0 N–H and O–H groups in total. The van der Waals surface area contributed by atoms with Crippen molar-refractivity contribution in [3.8, 4) is 0 Å². The Morgan fingerprint density at radius 3 is 2.52 bits per heavy atom. The van der Waals surface area contributed by atoms with Crippen molar-refractivity contribution in [3.63, 3.8) is 0 Å². The quantitative estimate of drug-likeness (QED) is 0.521. The number of rotatable bonds is 3. The van der Waals surface area contributed by atoms with Crippen LogP contribution in [0.1, 0.15) is 97.8 Å². The lowest BCUT2D eigenvalue weighted by Crippen LogP contribution is -2.48. The molecular weight excluding hydrogens is 276 g/mol. The van der Waals surface area contributed by atoms with Crippen LogP contribution in [0.2, 0.25) is 0 Å². The van der Waals surface area contributed by atoms with E-state index >= 15 is 0 Å². The van der Waals surface area contributed by atoms with Gasteiger partial charge in [-0.05, 0) is 91.8 Å². The molecule has 0 aromatic rings. The summed E-state index contributed by atoms with van der Waals surface area (Å²) in [6, 6.07) is 0. The van der Waals surface area contributed by atoms with Gasteiger partial charge in [0.15, 0.2) is 0 Å². The molecule has 0 heteroatoms. The van der Waals surface area contributed by atoms with Crippen LogP contribution in [0.15, 0.2) is 0 Å². The minimum Gasteiger partial charge on any atom is -0.0654 e. The van der Waals surface area contributed by atoms with Gasteiger partial charge in [0.1, 0.15) is 0 Å². The molecule has 23 heavy (non-hydrogen) atoms. The molecule has 0 aromatic carbocycles. The predicted octanol–water partition coefficient (Wildman–Crippen LogP) is 7.08. The molecule has 0 saturated heterocycles. The van der Waals surface area contributed by atoms with E-state index in [4.69, 9.17) is 0 Å². The molecule has 0 aromatic heterocycles. The van der Waals surface area contributed by atoms with Crippen molar-refractivity contribution in [1.29, 1.82) is 0 Å². The standard InChI is InChI=1S/C23H40/c1-4-7-16(2)21-12-13-22-20-11-10-17-8-5-6-9-18(17)19(20)14-15-23(21,22)3/h16-22H,4-15H2,1-3H3. The van der Waals surface area contributed by atoms with Crippen LogP contribution in [-0.2, 0) is 0 Å². The predicted molar refractivity (Wildman–Crippen MR) is 99.3 cm³/mol. The summed E-state index contributed by atoms with van der Waals surface area (Å²) < 4.78 is 0. The minimum absolute atomic E-state index is 0.706. The molecule has 4 aliphatic rings. The lowest BCUT2D eigenvalue weighted by Gasteiger charge is -2.56. The van der Waals surface area contributed by atoms with Gasteiger partial charge in [0.2, 0.25) is 0 Å². The summed E-state index contributed by atoms with van der Waals surface area (Å²) in [6.45, 7) is 7.68. The first kappa shape index (κ1) is 16.5. The van der Waals surface area contributed by atoms with Crippen LogP contribution in [0.3, 0.4) is 0 Å². The maximum atomic E-state index is 2.73. The number of hydrogen-bond acceptors (Lipinski definition) is 0. The Hall–Kier alpha value is 0. The number of hydrogen-bond donors (Lipinski definition) is 0. The van der Waals surface area contributed by atoms with E-state index < -0.39 is 0 Å². The highest BCUT2D eigenvalue weighted by Crippen LogP contribution is 2.65. The smallest absolute Gasteiger partial charge is 0.0264 e. The van der Waals surface area contributed by atoms with Crippen LogP contribution in [-0.4, -0.2) is 0 Å². The van der Waals surface area contributed by atoms with Crippen LogP contribution in [0.4, 0.5) is 0 Å². The van der Waals surface area contributed by atoms with Gasteiger partial charge >= 0.3 is 0 Å². The molecule has 0 nitrogen and oxygen atoms in total. The van der Waals surface area contributed by atoms with Crippen molar-refractivity contribution in [3.05, 3.63) is 0 Å². The summed E-state index contributed by atoms with van der Waals surface area (Å²) >= 11 is 0.